The minimum atomic E-state index is -0.158. The first kappa shape index (κ1) is 17.4. The van der Waals surface area contributed by atoms with Gasteiger partial charge in [0.1, 0.15) is 5.82 Å². The van der Waals surface area contributed by atoms with Gasteiger partial charge in [0.25, 0.3) is 0 Å². The molecule has 0 bridgehead atoms. The molecule has 2 heterocycles. The minimum Gasteiger partial charge on any atom is -0.375 e. The van der Waals surface area contributed by atoms with Crippen LogP contribution in [-0.4, -0.2) is 36.1 Å². The van der Waals surface area contributed by atoms with Gasteiger partial charge in [0.2, 0.25) is 5.91 Å². The minimum absolute atomic E-state index is 0.0621. The van der Waals surface area contributed by atoms with Crippen molar-refractivity contribution < 1.29 is 13.9 Å². The molecular weight excluding hydrogens is 305 g/mol. The molecule has 0 N–H and O–H groups in total. The van der Waals surface area contributed by atoms with Gasteiger partial charge in [-0.15, -0.1) is 0 Å². The third-order valence-corrected chi connectivity index (χ3v) is 5.49. The molecule has 0 aromatic heterocycles. The predicted molar refractivity (Wildman–Crippen MR) is 92.2 cm³/mol. The number of halogens is 1. The standard InChI is InChI=1S/C20H28FNO2/c1-15(2)19(23)22-9-7-20(8-10-22)14-17(6-11-24-20)12-16-4-3-5-18(21)13-16/h3-5,13,15,17H,6-12,14H2,1-2H3. The number of likely N-dealkylation sites (tertiary alicyclic amines) is 1. The van der Waals surface area contributed by atoms with Gasteiger partial charge in [-0.05, 0) is 55.7 Å². The van der Waals surface area contributed by atoms with E-state index >= 15 is 0 Å². The van der Waals surface area contributed by atoms with Gasteiger partial charge in [-0.1, -0.05) is 26.0 Å². The lowest BCUT2D eigenvalue weighted by atomic mass is 9.77. The molecule has 1 atom stereocenters. The number of hydrogen-bond acceptors (Lipinski definition) is 2. The molecule has 4 heteroatoms. The molecule has 1 unspecified atom stereocenters. The lowest BCUT2D eigenvalue weighted by molar-refractivity contribution is -0.149. The van der Waals surface area contributed by atoms with Crippen molar-refractivity contribution in [2.45, 2.75) is 51.6 Å². The first-order valence-electron chi connectivity index (χ1n) is 9.15. The van der Waals surface area contributed by atoms with E-state index in [-0.39, 0.29) is 23.2 Å². The van der Waals surface area contributed by atoms with Crippen LogP contribution >= 0.6 is 0 Å². The summed E-state index contributed by atoms with van der Waals surface area (Å²) in [6, 6.07) is 6.94. The maximum atomic E-state index is 13.4. The molecule has 0 saturated carbocycles. The van der Waals surface area contributed by atoms with Crippen molar-refractivity contribution >= 4 is 5.91 Å². The summed E-state index contributed by atoms with van der Waals surface area (Å²) in [5.41, 5.74) is 0.994. The van der Waals surface area contributed by atoms with Crippen molar-refractivity contribution in [3.8, 4) is 0 Å². The average Bonchev–Trinajstić information content (AvgIpc) is 2.55. The van der Waals surface area contributed by atoms with Gasteiger partial charge in [0, 0.05) is 25.6 Å². The molecule has 3 nitrogen and oxygen atoms in total. The van der Waals surface area contributed by atoms with Gasteiger partial charge in [-0.25, -0.2) is 4.39 Å². The molecule has 2 saturated heterocycles. The van der Waals surface area contributed by atoms with Crippen LogP contribution < -0.4 is 0 Å². The lowest BCUT2D eigenvalue weighted by Crippen LogP contribution is -2.51. The second-order valence-corrected chi connectivity index (χ2v) is 7.70. The fourth-order valence-electron chi connectivity index (χ4n) is 4.15. The Bertz CT molecular complexity index is 579. The Kier molecular flexibility index (Phi) is 5.24. The maximum absolute atomic E-state index is 13.4. The Labute approximate surface area is 144 Å². The number of ether oxygens (including phenoxy) is 1. The van der Waals surface area contributed by atoms with Crippen LogP contribution in [0, 0.1) is 17.7 Å². The van der Waals surface area contributed by atoms with Crippen molar-refractivity contribution in [1.82, 2.24) is 4.90 Å². The summed E-state index contributed by atoms with van der Waals surface area (Å²) >= 11 is 0. The van der Waals surface area contributed by atoms with Gasteiger partial charge in [0.15, 0.2) is 0 Å². The van der Waals surface area contributed by atoms with Crippen LogP contribution in [0.15, 0.2) is 24.3 Å². The Balaban J connectivity index is 1.59. The Morgan fingerprint density at radius 1 is 1.38 bits per heavy atom. The molecule has 1 spiro atoms. The van der Waals surface area contributed by atoms with Crippen LogP contribution in [0.25, 0.3) is 0 Å². The zero-order valence-electron chi connectivity index (χ0n) is 14.8. The maximum Gasteiger partial charge on any atom is 0.225 e. The summed E-state index contributed by atoms with van der Waals surface area (Å²) < 4.78 is 19.6. The van der Waals surface area contributed by atoms with Crippen LogP contribution in [0.1, 0.15) is 45.1 Å². The monoisotopic (exact) mass is 333 g/mol. The van der Waals surface area contributed by atoms with Gasteiger partial charge < -0.3 is 9.64 Å². The molecule has 1 amide bonds. The molecule has 0 radical (unpaired) electrons. The molecule has 24 heavy (non-hydrogen) atoms. The predicted octanol–water partition coefficient (Wildman–Crippen LogP) is 3.81. The van der Waals surface area contributed by atoms with Crippen molar-refractivity contribution in [3.05, 3.63) is 35.6 Å². The SMILES string of the molecule is CC(C)C(=O)N1CCC2(CC1)CC(Cc1cccc(F)c1)CCO2. The molecule has 0 aliphatic carbocycles. The van der Waals surface area contributed by atoms with E-state index in [0.29, 0.717) is 5.92 Å². The van der Waals surface area contributed by atoms with Gasteiger partial charge in [-0.2, -0.15) is 0 Å². The fraction of sp³-hybridized carbons (Fsp3) is 0.650. The van der Waals surface area contributed by atoms with E-state index in [9.17, 15) is 9.18 Å². The van der Waals surface area contributed by atoms with Crippen molar-refractivity contribution in [1.29, 1.82) is 0 Å². The number of benzene rings is 1. The van der Waals surface area contributed by atoms with E-state index in [1.807, 2.05) is 24.8 Å². The smallest absolute Gasteiger partial charge is 0.225 e. The summed E-state index contributed by atoms with van der Waals surface area (Å²) in [5.74, 6) is 0.687. The van der Waals surface area contributed by atoms with Crippen molar-refractivity contribution in [2.75, 3.05) is 19.7 Å². The third kappa shape index (κ3) is 3.97. The average molecular weight is 333 g/mol. The van der Waals surface area contributed by atoms with E-state index in [2.05, 4.69) is 0 Å². The zero-order chi connectivity index (χ0) is 17.2. The molecule has 1 aromatic carbocycles. The summed E-state index contributed by atoms with van der Waals surface area (Å²) in [7, 11) is 0. The van der Waals surface area contributed by atoms with Crippen LogP contribution in [0.4, 0.5) is 4.39 Å². The zero-order valence-corrected chi connectivity index (χ0v) is 14.8. The van der Waals surface area contributed by atoms with Crippen molar-refractivity contribution in [2.24, 2.45) is 11.8 Å². The summed E-state index contributed by atoms with van der Waals surface area (Å²) in [5, 5.41) is 0. The van der Waals surface area contributed by atoms with Crippen LogP contribution in [-0.2, 0) is 16.0 Å². The normalized spacial score (nSPS) is 23.7. The van der Waals surface area contributed by atoms with Gasteiger partial charge in [-0.3, -0.25) is 4.79 Å². The largest absolute Gasteiger partial charge is 0.375 e. The number of nitrogens with zero attached hydrogens (tertiary/aromatic N) is 1. The van der Waals surface area contributed by atoms with Crippen LogP contribution in [0.5, 0.6) is 0 Å². The highest BCUT2D eigenvalue weighted by Crippen LogP contribution is 2.39. The summed E-state index contributed by atoms with van der Waals surface area (Å²) in [6.45, 7) is 6.28. The Hall–Kier alpha value is -1.42. The highest BCUT2D eigenvalue weighted by atomic mass is 19.1. The number of amides is 1. The quantitative estimate of drug-likeness (QED) is 0.842. The van der Waals surface area contributed by atoms with E-state index in [1.54, 1.807) is 12.1 Å². The van der Waals surface area contributed by atoms with Gasteiger partial charge in [0.05, 0.1) is 5.60 Å². The molecular formula is C20H28FNO2. The number of piperidine rings is 1. The van der Waals surface area contributed by atoms with E-state index in [1.165, 1.54) is 6.07 Å². The molecule has 1 aromatic rings. The summed E-state index contributed by atoms with van der Waals surface area (Å²) in [4.78, 5) is 14.1. The van der Waals surface area contributed by atoms with E-state index < -0.39 is 0 Å². The Morgan fingerprint density at radius 3 is 2.79 bits per heavy atom. The number of carbonyl (C=O) groups is 1. The highest BCUT2D eigenvalue weighted by Gasteiger charge is 2.41. The number of rotatable bonds is 3. The van der Waals surface area contributed by atoms with Crippen LogP contribution in [0.3, 0.4) is 0 Å². The lowest BCUT2D eigenvalue weighted by Gasteiger charge is -2.46. The topological polar surface area (TPSA) is 29.5 Å². The fourth-order valence-corrected chi connectivity index (χ4v) is 4.15. The third-order valence-electron chi connectivity index (χ3n) is 5.49. The van der Waals surface area contributed by atoms with Gasteiger partial charge >= 0.3 is 0 Å². The second-order valence-electron chi connectivity index (χ2n) is 7.70. The highest BCUT2D eigenvalue weighted by molar-refractivity contribution is 5.78. The first-order valence-corrected chi connectivity index (χ1v) is 9.15. The van der Waals surface area contributed by atoms with Crippen LogP contribution in [0.2, 0.25) is 0 Å². The number of hydrogen-bond donors (Lipinski definition) is 0. The molecule has 2 aliphatic rings. The number of carbonyl (C=O) groups excluding carboxylic acids is 1. The molecule has 132 valence electrons. The molecule has 2 aliphatic heterocycles. The Morgan fingerprint density at radius 2 is 2.12 bits per heavy atom. The summed E-state index contributed by atoms with van der Waals surface area (Å²) in [6.07, 6.45) is 4.81. The van der Waals surface area contributed by atoms with E-state index in [4.69, 9.17) is 4.74 Å². The second kappa shape index (κ2) is 7.22. The first-order chi connectivity index (χ1) is 11.5. The molecule has 3 rings (SSSR count). The molecule has 2 fully saturated rings. The van der Waals surface area contributed by atoms with E-state index in [0.717, 1.165) is 57.4 Å². The van der Waals surface area contributed by atoms with Crippen molar-refractivity contribution in [3.63, 3.8) is 0 Å².